The molecule has 0 aliphatic rings. The Bertz CT molecular complexity index is 440. The first-order valence-electron chi connectivity index (χ1n) is 4.56. The van der Waals surface area contributed by atoms with Crippen molar-refractivity contribution in [2.45, 2.75) is 26.3 Å². The van der Waals surface area contributed by atoms with Crippen LogP contribution in [0.2, 0.25) is 0 Å². The van der Waals surface area contributed by atoms with Crippen molar-refractivity contribution in [2.75, 3.05) is 0 Å². The van der Waals surface area contributed by atoms with Crippen LogP contribution in [0.25, 0.3) is 0 Å². The number of rotatable bonds is 4. The lowest BCUT2D eigenvalue weighted by atomic mass is 10.3. The van der Waals surface area contributed by atoms with Crippen LogP contribution in [-0.2, 0) is 0 Å². The number of nitrogens with two attached hydrogens (primary N) is 1. The van der Waals surface area contributed by atoms with Crippen LogP contribution in [0.15, 0.2) is 0 Å². The summed E-state index contributed by atoms with van der Waals surface area (Å²) in [6.45, 7) is 3.43. The molecule has 9 heteroatoms. The molecule has 2 N–H and O–H groups in total. The van der Waals surface area contributed by atoms with Gasteiger partial charge in [0.15, 0.2) is 0 Å². The average molecular weight is 229 g/mol. The number of aromatic nitrogens is 3. The van der Waals surface area contributed by atoms with Gasteiger partial charge >= 0.3 is 11.5 Å². The van der Waals surface area contributed by atoms with Crippen molar-refractivity contribution < 1.29 is 14.6 Å². The first-order chi connectivity index (χ1) is 7.40. The van der Waals surface area contributed by atoms with Crippen LogP contribution in [-0.4, -0.2) is 20.7 Å². The van der Waals surface area contributed by atoms with Crippen LogP contribution < -0.4 is 10.6 Å². The highest BCUT2D eigenvalue weighted by Gasteiger charge is 2.37. The molecule has 1 aromatic rings. The lowest BCUT2D eigenvalue weighted by molar-refractivity contribution is -0.739. The second-order valence-electron chi connectivity index (χ2n) is 3.24. The highest BCUT2D eigenvalue weighted by Crippen LogP contribution is 2.13. The maximum atomic E-state index is 11.5. The van der Waals surface area contributed by atoms with Gasteiger partial charge in [-0.1, -0.05) is 12.0 Å². The molecule has 0 fully saturated rings. The van der Waals surface area contributed by atoms with E-state index >= 15 is 0 Å². The van der Waals surface area contributed by atoms with E-state index < -0.39 is 22.3 Å². The number of carbonyl (C=O) groups is 1. The smallest absolute Gasteiger partial charge is 0.571 e. The Labute approximate surface area is 90.2 Å². The monoisotopic (exact) mass is 229 g/mol. The quantitative estimate of drug-likeness (QED) is 0.321. The molecule has 0 aliphatic carbocycles. The number of carbonyl (C=O) groups excluding carboxylic acids is 1. The summed E-state index contributed by atoms with van der Waals surface area (Å²) in [5, 5.41) is 25.7. The van der Waals surface area contributed by atoms with Crippen molar-refractivity contribution in [1.82, 2.24) is 9.90 Å². The third kappa shape index (κ3) is 1.78. The van der Waals surface area contributed by atoms with Crippen molar-refractivity contribution >= 4 is 11.7 Å². The molecule has 1 heterocycles. The Hall–Kier alpha value is -2.19. The van der Waals surface area contributed by atoms with Gasteiger partial charge in [-0.3, -0.25) is 14.9 Å². The van der Waals surface area contributed by atoms with E-state index in [4.69, 9.17) is 5.73 Å². The van der Waals surface area contributed by atoms with Gasteiger partial charge in [-0.05, 0) is 18.1 Å². The van der Waals surface area contributed by atoms with E-state index in [1.54, 1.807) is 13.8 Å². The van der Waals surface area contributed by atoms with E-state index in [1.807, 2.05) is 0 Å². The van der Waals surface area contributed by atoms with Gasteiger partial charge in [0.25, 0.3) is 5.91 Å². The van der Waals surface area contributed by atoms with Gasteiger partial charge < -0.3 is 10.9 Å². The summed E-state index contributed by atoms with van der Waals surface area (Å²) in [6.07, 6.45) is 0.541. The SMILES string of the molecule is CCC(C)n1nc(C(N)=O)c([N+](=O)[O-])[n+]1[O-]. The number of primary amides is 1. The highest BCUT2D eigenvalue weighted by atomic mass is 16.6. The van der Waals surface area contributed by atoms with Crippen LogP contribution in [0.4, 0.5) is 5.82 Å². The molecule has 16 heavy (non-hydrogen) atoms. The Morgan fingerprint density at radius 1 is 1.75 bits per heavy atom. The average Bonchev–Trinajstić information content (AvgIpc) is 2.55. The van der Waals surface area contributed by atoms with Crippen molar-refractivity contribution in [3.8, 4) is 0 Å². The van der Waals surface area contributed by atoms with E-state index in [0.29, 0.717) is 6.42 Å². The van der Waals surface area contributed by atoms with Gasteiger partial charge in [-0.25, -0.2) is 0 Å². The van der Waals surface area contributed by atoms with Crippen molar-refractivity contribution in [1.29, 1.82) is 0 Å². The number of hydrogen-bond acceptors (Lipinski definition) is 5. The Morgan fingerprint density at radius 2 is 2.31 bits per heavy atom. The highest BCUT2D eigenvalue weighted by molar-refractivity contribution is 5.93. The van der Waals surface area contributed by atoms with Gasteiger partial charge in [-0.15, -0.1) is 0 Å². The van der Waals surface area contributed by atoms with Crippen molar-refractivity contribution in [2.24, 2.45) is 5.73 Å². The summed E-state index contributed by atoms with van der Waals surface area (Å²) in [7, 11) is 0. The topological polar surface area (TPSA) is 131 Å². The maximum absolute atomic E-state index is 11.5. The van der Waals surface area contributed by atoms with Gasteiger partial charge in [0.2, 0.25) is 0 Å². The van der Waals surface area contributed by atoms with Gasteiger partial charge in [0, 0.05) is 4.85 Å². The van der Waals surface area contributed by atoms with Crippen molar-refractivity contribution in [3.63, 3.8) is 0 Å². The van der Waals surface area contributed by atoms with E-state index in [0.717, 1.165) is 4.80 Å². The standard InChI is InChI=1S/C7H11N5O4/c1-3-4(2)10-9-5(6(8)13)7(11(10)14)12(15)16/h4H,3H2,1-2H3,(H2,8,13). The molecule has 9 nitrogen and oxygen atoms in total. The molecule has 0 aromatic carbocycles. The van der Waals surface area contributed by atoms with Crippen LogP contribution in [0, 0.1) is 15.3 Å². The molecule has 0 saturated carbocycles. The maximum Gasteiger partial charge on any atom is 0.571 e. The summed E-state index contributed by atoms with van der Waals surface area (Å²) in [4.78, 5) is 21.3. The second-order valence-corrected chi connectivity index (χ2v) is 3.24. The molecular formula is C7H11N5O4. The summed E-state index contributed by atoms with van der Waals surface area (Å²) in [5.41, 5.74) is 4.28. The number of amides is 1. The Kier molecular flexibility index (Phi) is 3.06. The zero-order chi connectivity index (χ0) is 12.5. The first-order valence-corrected chi connectivity index (χ1v) is 4.56. The zero-order valence-electron chi connectivity index (χ0n) is 8.78. The fourth-order valence-corrected chi connectivity index (χ4v) is 1.13. The molecule has 1 unspecified atom stereocenters. The summed E-state index contributed by atoms with van der Waals surface area (Å²) in [6, 6.07) is -0.357. The van der Waals surface area contributed by atoms with Crippen LogP contribution in [0.5, 0.6) is 0 Å². The fraction of sp³-hybridized carbons (Fsp3) is 0.571. The molecule has 0 aliphatic heterocycles. The van der Waals surface area contributed by atoms with E-state index in [2.05, 4.69) is 5.10 Å². The van der Waals surface area contributed by atoms with E-state index in [1.165, 1.54) is 0 Å². The normalized spacial score (nSPS) is 12.4. The van der Waals surface area contributed by atoms with Gasteiger partial charge in [-0.2, -0.15) is 0 Å². The summed E-state index contributed by atoms with van der Waals surface area (Å²) < 4.78 is 0. The predicted octanol–water partition coefficient (Wildman–Crippen LogP) is -0.505. The molecule has 0 spiro atoms. The molecule has 1 aromatic heterocycles. The van der Waals surface area contributed by atoms with Crippen LogP contribution >= 0.6 is 0 Å². The molecule has 0 bridgehead atoms. The Balaban J connectivity index is 3.41. The predicted molar refractivity (Wildman–Crippen MR) is 51.4 cm³/mol. The summed E-state index contributed by atoms with van der Waals surface area (Å²) >= 11 is 0. The second kappa shape index (κ2) is 4.13. The van der Waals surface area contributed by atoms with Crippen LogP contribution in [0.3, 0.4) is 0 Å². The lowest BCUT2D eigenvalue weighted by Gasteiger charge is -2.05. The molecular weight excluding hydrogens is 218 g/mol. The minimum absolute atomic E-state index is 0.0196. The molecule has 1 amide bonds. The minimum Gasteiger partial charge on any atom is -0.590 e. The molecule has 0 radical (unpaired) electrons. The number of hydrogen-bond donors (Lipinski definition) is 1. The van der Waals surface area contributed by atoms with E-state index in [9.17, 15) is 20.1 Å². The Morgan fingerprint density at radius 3 is 2.62 bits per heavy atom. The minimum atomic E-state index is -1.10. The largest absolute Gasteiger partial charge is 0.590 e. The first kappa shape index (κ1) is 11.9. The summed E-state index contributed by atoms with van der Waals surface area (Å²) in [5.74, 6) is -2.04. The van der Waals surface area contributed by atoms with Gasteiger partial charge in [0.1, 0.15) is 11.0 Å². The lowest BCUT2D eigenvalue weighted by Crippen LogP contribution is -2.41. The molecule has 1 rings (SSSR count). The number of nitro groups is 1. The third-order valence-electron chi connectivity index (χ3n) is 2.17. The molecule has 0 saturated heterocycles. The van der Waals surface area contributed by atoms with Crippen molar-refractivity contribution in [3.05, 3.63) is 21.0 Å². The number of nitrogens with zero attached hydrogens (tertiary/aromatic N) is 4. The third-order valence-corrected chi connectivity index (χ3v) is 2.17. The molecule has 1 atom stereocenters. The fourth-order valence-electron chi connectivity index (χ4n) is 1.13. The van der Waals surface area contributed by atoms with Gasteiger partial charge in [0.05, 0.1) is 0 Å². The van der Waals surface area contributed by atoms with E-state index in [-0.39, 0.29) is 10.9 Å². The molecule has 88 valence electrons. The van der Waals surface area contributed by atoms with Crippen LogP contribution in [0.1, 0.15) is 36.8 Å². The zero-order valence-corrected chi connectivity index (χ0v) is 8.78.